The first-order chi connectivity index (χ1) is 7.51. The Morgan fingerprint density at radius 2 is 2.12 bits per heavy atom. The molecule has 1 aliphatic rings. The van der Waals surface area contributed by atoms with Crippen LogP contribution in [0.25, 0.3) is 0 Å². The van der Waals surface area contributed by atoms with Gasteiger partial charge in [0.25, 0.3) is 0 Å². The van der Waals surface area contributed by atoms with Crippen molar-refractivity contribution in [1.29, 1.82) is 0 Å². The van der Waals surface area contributed by atoms with E-state index in [-0.39, 0.29) is 11.3 Å². The van der Waals surface area contributed by atoms with Crippen LogP contribution in [0.4, 0.5) is 5.13 Å². The van der Waals surface area contributed by atoms with Crippen LogP contribution >= 0.6 is 11.5 Å². The first kappa shape index (κ1) is 11.3. The highest BCUT2D eigenvalue weighted by atomic mass is 32.1. The monoisotopic (exact) mass is 240 g/mol. The topological polar surface area (TPSA) is 72.1 Å². The van der Waals surface area contributed by atoms with E-state index in [1.165, 1.54) is 11.5 Å². The highest BCUT2D eigenvalue weighted by Gasteiger charge is 2.35. The number of nitrogens with two attached hydrogens (primary N) is 1. The summed E-state index contributed by atoms with van der Waals surface area (Å²) in [6.45, 7) is 5.32. The average Bonchev–Trinajstić information content (AvgIpc) is 2.66. The molecule has 6 heteroatoms. The van der Waals surface area contributed by atoms with Gasteiger partial charge < -0.3 is 10.6 Å². The maximum atomic E-state index is 11.2. The van der Waals surface area contributed by atoms with Crippen molar-refractivity contribution < 1.29 is 4.79 Å². The summed E-state index contributed by atoms with van der Waals surface area (Å²) in [5.74, 6) is 0.978. The number of hydrogen-bond donors (Lipinski definition) is 1. The fraction of sp³-hybridized carbons (Fsp3) is 0.700. The zero-order chi connectivity index (χ0) is 11.8. The van der Waals surface area contributed by atoms with E-state index in [1.54, 1.807) is 6.92 Å². The van der Waals surface area contributed by atoms with Gasteiger partial charge in [-0.25, -0.2) is 4.98 Å². The normalized spacial score (nSPS) is 19.8. The Morgan fingerprint density at radius 1 is 1.50 bits per heavy atom. The fourth-order valence-corrected chi connectivity index (χ4v) is 2.59. The summed E-state index contributed by atoms with van der Waals surface area (Å²) >= 11 is 1.24. The van der Waals surface area contributed by atoms with Crippen LogP contribution in [-0.2, 0) is 10.2 Å². The van der Waals surface area contributed by atoms with E-state index in [0.29, 0.717) is 5.13 Å². The zero-order valence-corrected chi connectivity index (χ0v) is 10.4. The van der Waals surface area contributed by atoms with Gasteiger partial charge in [0.2, 0.25) is 5.91 Å². The van der Waals surface area contributed by atoms with Gasteiger partial charge >= 0.3 is 0 Å². The Labute approximate surface area is 98.8 Å². The number of aromatic nitrogens is 2. The Hall–Kier alpha value is -1.17. The van der Waals surface area contributed by atoms with Gasteiger partial charge in [0.05, 0.1) is 0 Å². The van der Waals surface area contributed by atoms with Crippen LogP contribution in [0.1, 0.15) is 32.5 Å². The Balaban J connectivity index is 2.09. The summed E-state index contributed by atoms with van der Waals surface area (Å²) in [6, 6.07) is 0. The number of carbonyl (C=O) groups is 1. The van der Waals surface area contributed by atoms with Crippen LogP contribution in [0.3, 0.4) is 0 Å². The molecule has 2 rings (SSSR count). The maximum Gasteiger partial charge on any atom is 0.219 e. The second-order valence-corrected chi connectivity index (χ2v) is 5.31. The third-order valence-corrected chi connectivity index (χ3v) is 3.84. The number of nitrogens with zero attached hydrogens (tertiary/aromatic N) is 3. The molecule has 1 fully saturated rings. The van der Waals surface area contributed by atoms with Crippen LogP contribution in [0, 0.1) is 0 Å². The standard InChI is InChI=1S/C10H16N4OS/c1-7(15)14-5-3-10(2,4-6-14)8-12-9(11)16-13-8/h3-6H2,1-2H3,(H2,11,12,13). The number of carbonyl (C=O) groups excluding carboxylic acids is 1. The number of amides is 1. The third-order valence-electron chi connectivity index (χ3n) is 3.29. The summed E-state index contributed by atoms with van der Waals surface area (Å²) in [5.41, 5.74) is 5.57. The van der Waals surface area contributed by atoms with Crippen LogP contribution in [0.5, 0.6) is 0 Å². The smallest absolute Gasteiger partial charge is 0.219 e. The summed E-state index contributed by atoms with van der Waals surface area (Å²) in [6.07, 6.45) is 1.81. The molecule has 2 N–H and O–H groups in total. The third kappa shape index (κ3) is 2.02. The fourth-order valence-electron chi connectivity index (χ4n) is 2.02. The van der Waals surface area contributed by atoms with Crippen molar-refractivity contribution >= 4 is 22.6 Å². The molecular weight excluding hydrogens is 224 g/mol. The largest absolute Gasteiger partial charge is 0.374 e. The lowest BCUT2D eigenvalue weighted by atomic mass is 9.79. The molecule has 0 aromatic carbocycles. The van der Waals surface area contributed by atoms with E-state index < -0.39 is 0 Å². The molecule has 0 radical (unpaired) electrons. The molecule has 1 aliphatic heterocycles. The van der Waals surface area contributed by atoms with Crippen molar-refractivity contribution in [2.45, 2.75) is 32.1 Å². The summed E-state index contributed by atoms with van der Waals surface area (Å²) in [4.78, 5) is 17.4. The Bertz CT molecular complexity index is 395. The molecule has 16 heavy (non-hydrogen) atoms. The molecule has 5 nitrogen and oxygen atoms in total. The van der Waals surface area contributed by atoms with Gasteiger partial charge in [-0.15, -0.1) is 0 Å². The van der Waals surface area contributed by atoms with E-state index in [2.05, 4.69) is 16.3 Å². The first-order valence-electron chi connectivity index (χ1n) is 5.36. The van der Waals surface area contributed by atoms with E-state index in [4.69, 9.17) is 5.73 Å². The quantitative estimate of drug-likeness (QED) is 0.795. The van der Waals surface area contributed by atoms with Crippen molar-refractivity contribution in [3.63, 3.8) is 0 Å². The molecule has 2 heterocycles. The van der Waals surface area contributed by atoms with Gasteiger partial charge in [-0.2, -0.15) is 4.37 Å². The minimum absolute atomic E-state index is 0.0277. The minimum atomic E-state index is -0.0277. The van der Waals surface area contributed by atoms with Crippen LogP contribution in [-0.4, -0.2) is 33.3 Å². The molecule has 1 aromatic heterocycles. The summed E-state index contributed by atoms with van der Waals surface area (Å²) in [5, 5.41) is 0.519. The highest BCUT2D eigenvalue weighted by molar-refractivity contribution is 7.09. The van der Waals surface area contributed by atoms with E-state index >= 15 is 0 Å². The van der Waals surface area contributed by atoms with E-state index in [0.717, 1.165) is 31.8 Å². The lowest BCUT2D eigenvalue weighted by molar-refractivity contribution is -0.130. The second-order valence-electron chi connectivity index (χ2n) is 4.52. The molecular formula is C10H16N4OS. The molecule has 1 saturated heterocycles. The van der Waals surface area contributed by atoms with Gasteiger partial charge in [-0.3, -0.25) is 4.79 Å². The molecule has 0 saturated carbocycles. The number of likely N-dealkylation sites (tertiary alicyclic amines) is 1. The summed E-state index contributed by atoms with van der Waals surface area (Å²) in [7, 11) is 0. The Kier molecular flexibility index (Phi) is 2.84. The van der Waals surface area contributed by atoms with Crippen LogP contribution in [0.2, 0.25) is 0 Å². The predicted octanol–water partition coefficient (Wildman–Crippen LogP) is 1.02. The SMILES string of the molecule is CC(=O)N1CCC(C)(c2nsc(N)n2)CC1. The number of hydrogen-bond acceptors (Lipinski definition) is 5. The van der Waals surface area contributed by atoms with Gasteiger partial charge in [0.15, 0.2) is 11.0 Å². The summed E-state index contributed by atoms with van der Waals surface area (Å²) < 4.78 is 4.28. The zero-order valence-electron chi connectivity index (χ0n) is 9.56. The van der Waals surface area contributed by atoms with Crippen molar-refractivity contribution in [3.05, 3.63) is 5.82 Å². The molecule has 88 valence electrons. The molecule has 0 bridgehead atoms. The van der Waals surface area contributed by atoms with Crippen LogP contribution < -0.4 is 5.73 Å². The van der Waals surface area contributed by atoms with Gasteiger partial charge in [0, 0.05) is 37.0 Å². The number of nitrogen functional groups attached to an aromatic ring is 1. The van der Waals surface area contributed by atoms with Gasteiger partial charge in [-0.1, -0.05) is 6.92 Å². The average molecular weight is 240 g/mol. The van der Waals surface area contributed by atoms with Crippen LogP contribution in [0.15, 0.2) is 0 Å². The maximum absolute atomic E-state index is 11.2. The van der Waals surface area contributed by atoms with Gasteiger partial charge in [0.1, 0.15) is 0 Å². The number of rotatable bonds is 1. The molecule has 0 spiro atoms. The predicted molar refractivity (Wildman–Crippen MR) is 63.2 cm³/mol. The number of piperidine rings is 1. The minimum Gasteiger partial charge on any atom is -0.374 e. The van der Waals surface area contributed by atoms with Crippen molar-refractivity contribution in [2.24, 2.45) is 0 Å². The first-order valence-corrected chi connectivity index (χ1v) is 6.14. The molecule has 0 unspecified atom stereocenters. The van der Waals surface area contributed by atoms with Crippen molar-refractivity contribution in [1.82, 2.24) is 14.3 Å². The van der Waals surface area contributed by atoms with Gasteiger partial charge in [-0.05, 0) is 12.8 Å². The highest BCUT2D eigenvalue weighted by Crippen LogP contribution is 2.34. The van der Waals surface area contributed by atoms with Crippen molar-refractivity contribution in [3.8, 4) is 0 Å². The Morgan fingerprint density at radius 3 is 2.56 bits per heavy atom. The van der Waals surface area contributed by atoms with Crippen molar-refractivity contribution in [2.75, 3.05) is 18.8 Å². The molecule has 0 aliphatic carbocycles. The van der Waals surface area contributed by atoms with E-state index in [1.807, 2.05) is 4.90 Å². The van der Waals surface area contributed by atoms with E-state index in [9.17, 15) is 4.79 Å². The molecule has 0 atom stereocenters. The lowest BCUT2D eigenvalue weighted by Crippen LogP contribution is -2.43. The number of anilines is 1. The molecule has 1 aromatic rings. The lowest BCUT2D eigenvalue weighted by Gasteiger charge is -2.37. The second kappa shape index (κ2) is 4.01. The molecule has 1 amide bonds.